The zero-order valence-electron chi connectivity index (χ0n) is 8.99. The van der Waals surface area contributed by atoms with E-state index in [1.807, 2.05) is 0 Å². The highest BCUT2D eigenvalue weighted by Crippen LogP contribution is 2.18. The van der Waals surface area contributed by atoms with Gasteiger partial charge in [0.05, 0.1) is 11.1 Å². The van der Waals surface area contributed by atoms with Crippen LogP contribution in [-0.4, -0.2) is 28.8 Å². The van der Waals surface area contributed by atoms with Gasteiger partial charge in [0.2, 0.25) is 6.61 Å². The van der Waals surface area contributed by atoms with Gasteiger partial charge in [0.25, 0.3) is 5.69 Å². The molecule has 0 unspecified atom stereocenters. The Labute approximate surface area is 96.5 Å². The van der Waals surface area contributed by atoms with Crippen LogP contribution in [0.1, 0.15) is 11.1 Å². The molecule has 0 spiro atoms. The first-order valence-electron chi connectivity index (χ1n) is 4.63. The second kappa shape index (κ2) is 5.59. The largest absolute Gasteiger partial charge is 0.479 e. The molecule has 0 saturated heterocycles. The standard InChI is InChI=1S/C10H10N2O5/c1-7-2-3-8(4-9(7)12(15)16)5-11-17-6-10(13)14/h2-5H,6H2,1H3,(H,13,14). The van der Waals surface area contributed by atoms with Crippen LogP contribution in [0.5, 0.6) is 0 Å². The first kappa shape index (κ1) is 12.6. The van der Waals surface area contributed by atoms with Gasteiger partial charge >= 0.3 is 5.97 Å². The Bertz CT molecular complexity index is 470. The Hall–Kier alpha value is -2.44. The van der Waals surface area contributed by atoms with E-state index in [0.717, 1.165) is 0 Å². The number of oxime groups is 1. The lowest BCUT2D eigenvalue weighted by Crippen LogP contribution is -2.03. The van der Waals surface area contributed by atoms with Gasteiger partial charge in [-0.25, -0.2) is 4.79 Å². The van der Waals surface area contributed by atoms with Crippen molar-refractivity contribution in [2.24, 2.45) is 5.16 Å². The quantitative estimate of drug-likeness (QED) is 0.473. The lowest BCUT2D eigenvalue weighted by atomic mass is 10.1. The molecule has 0 amide bonds. The number of nitrogens with zero attached hydrogens (tertiary/aromatic N) is 2. The van der Waals surface area contributed by atoms with Crippen molar-refractivity contribution in [1.82, 2.24) is 0 Å². The molecule has 0 saturated carbocycles. The third-order valence-corrected chi connectivity index (χ3v) is 1.89. The van der Waals surface area contributed by atoms with Crippen molar-refractivity contribution in [2.75, 3.05) is 6.61 Å². The summed E-state index contributed by atoms with van der Waals surface area (Å²) in [4.78, 5) is 24.7. The van der Waals surface area contributed by atoms with Gasteiger partial charge in [-0.1, -0.05) is 17.3 Å². The van der Waals surface area contributed by atoms with Crippen molar-refractivity contribution in [3.05, 3.63) is 39.4 Å². The smallest absolute Gasteiger partial charge is 0.344 e. The van der Waals surface area contributed by atoms with Crippen molar-refractivity contribution >= 4 is 17.9 Å². The molecule has 7 nitrogen and oxygen atoms in total. The van der Waals surface area contributed by atoms with E-state index < -0.39 is 17.5 Å². The number of nitro benzene ring substituents is 1. The minimum Gasteiger partial charge on any atom is -0.479 e. The number of hydrogen-bond acceptors (Lipinski definition) is 5. The summed E-state index contributed by atoms with van der Waals surface area (Å²) < 4.78 is 0. The highest BCUT2D eigenvalue weighted by molar-refractivity contribution is 5.80. The van der Waals surface area contributed by atoms with Gasteiger partial charge in [0.15, 0.2) is 0 Å². The van der Waals surface area contributed by atoms with Crippen LogP contribution in [0.3, 0.4) is 0 Å². The Morgan fingerprint density at radius 1 is 1.65 bits per heavy atom. The van der Waals surface area contributed by atoms with Crippen LogP contribution in [0, 0.1) is 17.0 Å². The molecule has 0 heterocycles. The zero-order valence-corrected chi connectivity index (χ0v) is 8.99. The van der Waals surface area contributed by atoms with E-state index in [-0.39, 0.29) is 5.69 Å². The molecule has 0 aliphatic rings. The number of carboxylic acids is 1. The SMILES string of the molecule is Cc1ccc(C=NOCC(=O)O)cc1[N+](=O)[O-]. The van der Waals surface area contributed by atoms with Gasteiger partial charge in [-0.05, 0) is 6.92 Å². The van der Waals surface area contributed by atoms with E-state index in [9.17, 15) is 14.9 Å². The second-order valence-corrected chi connectivity index (χ2v) is 3.20. The summed E-state index contributed by atoms with van der Waals surface area (Å²) in [7, 11) is 0. The van der Waals surface area contributed by atoms with Gasteiger partial charge in [0.1, 0.15) is 0 Å². The minimum atomic E-state index is -1.14. The number of carboxylic acid groups (broad SMARTS) is 1. The molecule has 0 bridgehead atoms. The molecule has 0 radical (unpaired) electrons. The molecule has 7 heteroatoms. The van der Waals surface area contributed by atoms with Gasteiger partial charge < -0.3 is 9.94 Å². The summed E-state index contributed by atoms with van der Waals surface area (Å²) in [6.45, 7) is 1.07. The predicted molar refractivity (Wildman–Crippen MR) is 59.0 cm³/mol. The minimum absolute atomic E-state index is 0.0211. The number of hydrogen-bond donors (Lipinski definition) is 1. The van der Waals surface area contributed by atoms with Crippen molar-refractivity contribution in [3.8, 4) is 0 Å². The van der Waals surface area contributed by atoms with Crippen LogP contribution >= 0.6 is 0 Å². The predicted octanol–water partition coefficient (Wildman–Crippen LogP) is 1.34. The lowest BCUT2D eigenvalue weighted by molar-refractivity contribution is -0.385. The van der Waals surface area contributed by atoms with Crippen LogP contribution in [0.2, 0.25) is 0 Å². The molecule has 0 atom stereocenters. The maximum absolute atomic E-state index is 10.6. The number of rotatable bonds is 5. The molecule has 1 N–H and O–H groups in total. The molecule has 0 fully saturated rings. The fraction of sp³-hybridized carbons (Fsp3) is 0.200. The van der Waals surface area contributed by atoms with E-state index in [0.29, 0.717) is 11.1 Å². The fourth-order valence-corrected chi connectivity index (χ4v) is 1.09. The maximum atomic E-state index is 10.6. The summed E-state index contributed by atoms with van der Waals surface area (Å²) >= 11 is 0. The third-order valence-electron chi connectivity index (χ3n) is 1.89. The van der Waals surface area contributed by atoms with E-state index in [2.05, 4.69) is 9.99 Å². The van der Waals surface area contributed by atoms with Crippen LogP contribution in [-0.2, 0) is 9.63 Å². The average molecular weight is 238 g/mol. The molecule has 1 rings (SSSR count). The van der Waals surface area contributed by atoms with E-state index in [4.69, 9.17) is 5.11 Å². The number of benzene rings is 1. The Kier molecular flexibility index (Phi) is 4.15. The monoisotopic (exact) mass is 238 g/mol. The lowest BCUT2D eigenvalue weighted by Gasteiger charge is -1.98. The molecule has 0 aliphatic carbocycles. The molecular formula is C10H10N2O5. The van der Waals surface area contributed by atoms with Gasteiger partial charge in [-0.2, -0.15) is 0 Å². The van der Waals surface area contributed by atoms with Crippen LogP contribution in [0.4, 0.5) is 5.69 Å². The summed E-state index contributed by atoms with van der Waals surface area (Å²) in [5.41, 5.74) is 0.985. The first-order chi connectivity index (χ1) is 8.00. The van der Waals surface area contributed by atoms with Crippen LogP contribution in [0.15, 0.2) is 23.4 Å². The summed E-state index contributed by atoms with van der Waals surface area (Å²) in [5.74, 6) is -1.14. The summed E-state index contributed by atoms with van der Waals surface area (Å²) in [6.07, 6.45) is 1.22. The molecular weight excluding hydrogens is 228 g/mol. The molecule has 1 aromatic carbocycles. The van der Waals surface area contributed by atoms with Crippen molar-refractivity contribution in [1.29, 1.82) is 0 Å². The second-order valence-electron chi connectivity index (χ2n) is 3.20. The number of carbonyl (C=O) groups is 1. The zero-order chi connectivity index (χ0) is 12.8. The van der Waals surface area contributed by atoms with Crippen LogP contribution < -0.4 is 0 Å². The van der Waals surface area contributed by atoms with Crippen molar-refractivity contribution in [3.63, 3.8) is 0 Å². The third kappa shape index (κ3) is 3.90. The number of nitro groups is 1. The normalized spacial score (nSPS) is 10.4. The molecule has 1 aromatic rings. The Morgan fingerprint density at radius 2 is 2.35 bits per heavy atom. The van der Waals surface area contributed by atoms with Crippen LogP contribution in [0.25, 0.3) is 0 Å². The van der Waals surface area contributed by atoms with Crippen molar-refractivity contribution in [2.45, 2.75) is 6.92 Å². The van der Waals surface area contributed by atoms with E-state index >= 15 is 0 Å². The van der Waals surface area contributed by atoms with Gasteiger partial charge in [-0.3, -0.25) is 10.1 Å². The highest BCUT2D eigenvalue weighted by atomic mass is 16.6. The van der Waals surface area contributed by atoms with E-state index in [1.54, 1.807) is 19.1 Å². The number of aryl methyl sites for hydroxylation is 1. The number of aliphatic carboxylic acids is 1. The topological polar surface area (TPSA) is 102 Å². The summed E-state index contributed by atoms with van der Waals surface area (Å²) in [5, 5.41) is 22.3. The first-order valence-corrected chi connectivity index (χ1v) is 4.63. The summed E-state index contributed by atoms with van der Waals surface area (Å²) in [6, 6.07) is 4.54. The maximum Gasteiger partial charge on any atom is 0.344 e. The Balaban J connectivity index is 2.75. The molecule has 0 aromatic heterocycles. The van der Waals surface area contributed by atoms with Gasteiger partial charge in [-0.15, -0.1) is 0 Å². The molecule has 17 heavy (non-hydrogen) atoms. The average Bonchev–Trinajstić information content (AvgIpc) is 2.25. The molecule has 0 aliphatic heterocycles. The Morgan fingerprint density at radius 3 is 2.94 bits per heavy atom. The van der Waals surface area contributed by atoms with Crippen molar-refractivity contribution < 1.29 is 19.7 Å². The molecule has 90 valence electrons. The highest BCUT2D eigenvalue weighted by Gasteiger charge is 2.09. The fourth-order valence-electron chi connectivity index (χ4n) is 1.09. The van der Waals surface area contributed by atoms with Gasteiger partial charge in [0, 0.05) is 17.2 Å². The van der Waals surface area contributed by atoms with E-state index in [1.165, 1.54) is 12.3 Å².